The van der Waals surface area contributed by atoms with Crippen LogP contribution in [-0.2, 0) is 6.54 Å². The summed E-state index contributed by atoms with van der Waals surface area (Å²) in [6.07, 6.45) is 1.65. The Morgan fingerprint density at radius 3 is 2.68 bits per heavy atom. The highest BCUT2D eigenvalue weighted by Gasteiger charge is 2.09. The van der Waals surface area contributed by atoms with Gasteiger partial charge in [0.1, 0.15) is 16.6 Å². The van der Waals surface area contributed by atoms with Gasteiger partial charge in [0.05, 0.1) is 5.02 Å². The van der Waals surface area contributed by atoms with Gasteiger partial charge in [-0.1, -0.05) is 23.2 Å². The molecule has 100 valence electrons. The standard InChI is InChI=1S/C13H11Cl2FN2O/c1-17-6-8-4-11(15)13(18-7-8)19-12-3-2-9(16)5-10(12)14/h2-5,7,17H,6H2,1H3. The minimum Gasteiger partial charge on any atom is -0.436 e. The monoisotopic (exact) mass is 300 g/mol. The SMILES string of the molecule is CNCc1cnc(Oc2ccc(F)cc2Cl)c(Cl)c1. The Bertz CT molecular complexity index is 593. The number of halogens is 3. The van der Waals surface area contributed by atoms with E-state index in [0.29, 0.717) is 17.3 Å². The predicted molar refractivity (Wildman–Crippen MR) is 73.5 cm³/mol. The maximum atomic E-state index is 12.9. The first-order valence-electron chi connectivity index (χ1n) is 5.52. The minimum atomic E-state index is -0.430. The molecule has 1 N–H and O–H groups in total. The second kappa shape index (κ2) is 6.19. The number of pyridine rings is 1. The number of nitrogens with zero attached hydrogens (tertiary/aromatic N) is 1. The van der Waals surface area contributed by atoms with Gasteiger partial charge in [-0.15, -0.1) is 0 Å². The summed E-state index contributed by atoms with van der Waals surface area (Å²) in [4.78, 5) is 4.11. The average Bonchev–Trinajstić information content (AvgIpc) is 2.36. The number of hydrogen-bond acceptors (Lipinski definition) is 3. The van der Waals surface area contributed by atoms with Crippen molar-refractivity contribution in [2.45, 2.75) is 6.54 Å². The molecular formula is C13H11Cl2FN2O. The summed E-state index contributed by atoms with van der Waals surface area (Å²) in [5, 5.41) is 3.53. The Kier molecular flexibility index (Phi) is 4.58. The molecule has 0 bridgehead atoms. The average molecular weight is 301 g/mol. The molecular weight excluding hydrogens is 290 g/mol. The molecule has 1 aromatic carbocycles. The van der Waals surface area contributed by atoms with Gasteiger partial charge < -0.3 is 10.1 Å². The maximum absolute atomic E-state index is 12.9. The molecule has 0 saturated heterocycles. The molecule has 0 aliphatic rings. The van der Waals surface area contributed by atoms with Crippen molar-refractivity contribution in [1.82, 2.24) is 10.3 Å². The van der Waals surface area contributed by atoms with Gasteiger partial charge in [0.25, 0.3) is 0 Å². The fourth-order valence-corrected chi connectivity index (χ4v) is 1.94. The molecule has 0 atom stereocenters. The quantitative estimate of drug-likeness (QED) is 0.925. The molecule has 1 aromatic heterocycles. The van der Waals surface area contributed by atoms with Gasteiger partial charge >= 0.3 is 0 Å². The Hall–Kier alpha value is -1.36. The van der Waals surface area contributed by atoms with E-state index in [-0.39, 0.29) is 10.9 Å². The lowest BCUT2D eigenvalue weighted by Gasteiger charge is -2.09. The van der Waals surface area contributed by atoms with Crippen molar-refractivity contribution < 1.29 is 9.13 Å². The Labute approximate surface area is 120 Å². The molecule has 6 heteroatoms. The van der Waals surface area contributed by atoms with Crippen molar-refractivity contribution in [3.05, 3.63) is 51.9 Å². The first-order chi connectivity index (χ1) is 9.10. The van der Waals surface area contributed by atoms with Gasteiger partial charge in [-0.05, 0) is 36.9 Å². The summed E-state index contributed by atoms with van der Waals surface area (Å²) in [5.41, 5.74) is 0.935. The first-order valence-corrected chi connectivity index (χ1v) is 6.27. The lowest BCUT2D eigenvalue weighted by molar-refractivity contribution is 0.461. The zero-order valence-electron chi connectivity index (χ0n) is 10.1. The molecule has 3 nitrogen and oxygen atoms in total. The van der Waals surface area contributed by atoms with Crippen LogP contribution < -0.4 is 10.1 Å². The molecule has 19 heavy (non-hydrogen) atoms. The summed E-state index contributed by atoms with van der Waals surface area (Å²) < 4.78 is 18.4. The van der Waals surface area contributed by atoms with E-state index in [2.05, 4.69) is 10.3 Å². The topological polar surface area (TPSA) is 34.2 Å². The van der Waals surface area contributed by atoms with Gasteiger partial charge in [0, 0.05) is 12.7 Å². The Balaban J connectivity index is 2.23. The van der Waals surface area contributed by atoms with Gasteiger partial charge in [-0.3, -0.25) is 0 Å². The zero-order valence-corrected chi connectivity index (χ0v) is 11.6. The van der Waals surface area contributed by atoms with Crippen LogP contribution in [0, 0.1) is 5.82 Å². The van der Waals surface area contributed by atoms with Crippen LogP contribution in [0.2, 0.25) is 10.0 Å². The number of benzene rings is 1. The van der Waals surface area contributed by atoms with Gasteiger partial charge in [-0.25, -0.2) is 9.37 Å². The van der Waals surface area contributed by atoms with E-state index in [9.17, 15) is 4.39 Å². The van der Waals surface area contributed by atoms with Gasteiger partial charge in [-0.2, -0.15) is 0 Å². The first kappa shape index (κ1) is 14.1. The summed E-state index contributed by atoms with van der Waals surface area (Å²) in [5.74, 6) is 0.106. The maximum Gasteiger partial charge on any atom is 0.238 e. The van der Waals surface area contributed by atoms with Crippen LogP contribution in [0.15, 0.2) is 30.5 Å². The van der Waals surface area contributed by atoms with Crippen molar-refractivity contribution in [2.24, 2.45) is 0 Å². The fraction of sp³-hybridized carbons (Fsp3) is 0.154. The largest absolute Gasteiger partial charge is 0.436 e. The molecule has 0 aliphatic carbocycles. The number of aromatic nitrogens is 1. The molecule has 0 amide bonds. The molecule has 0 radical (unpaired) electrons. The van der Waals surface area contributed by atoms with Gasteiger partial charge in [0.15, 0.2) is 0 Å². The number of rotatable bonds is 4. The van der Waals surface area contributed by atoms with Crippen molar-refractivity contribution in [1.29, 1.82) is 0 Å². The Morgan fingerprint density at radius 1 is 1.26 bits per heavy atom. The third kappa shape index (κ3) is 3.56. The summed E-state index contributed by atoms with van der Waals surface area (Å²) in [6.45, 7) is 0.657. The van der Waals surface area contributed by atoms with E-state index < -0.39 is 5.82 Å². The fourth-order valence-electron chi connectivity index (χ4n) is 1.50. The molecule has 0 aliphatic heterocycles. The van der Waals surface area contributed by atoms with E-state index in [0.717, 1.165) is 5.56 Å². The third-order valence-electron chi connectivity index (χ3n) is 2.35. The molecule has 2 aromatic rings. The molecule has 0 unspecified atom stereocenters. The van der Waals surface area contributed by atoms with E-state index in [1.54, 1.807) is 12.3 Å². The number of hydrogen-bond donors (Lipinski definition) is 1. The van der Waals surface area contributed by atoms with Crippen LogP contribution >= 0.6 is 23.2 Å². The summed E-state index contributed by atoms with van der Waals surface area (Å²) >= 11 is 11.9. The minimum absolute atomic E-state index is 0.164. The van der Waals surface area contributed by atoms with Crippen LogP contribution in [0.1, 0.15) is 5.56 Å². The van der Waals surface area contributed by atoms with Crippen molar-refractivity contribution >= 4 is 23.2 Å². The molecule has 2 rings (SSSR count). The van der Waals surface area contributed by atoms with Crippen molar-refractivity contribution in [3.8, 4) is 11.6 Å². The highest BCUT2D eigenvalue weighted by atomic mass is 35.5. The number of nitrogens with one attached hydrogen (secondary N) is 1. The smallest absolute Gasteiger partial charge is 0.238 e. The zero-order chi connectivity index (χ0) is 13.8. The van der Waals surface area contributed by atoms with Crippen molar-refractivity contribution in [3.63, 3.8) is 0 Å². The van der Waals surface area contributed by atoms with E-state index in [4.69, 9.17) is 27.9 Å². The lowest BCUT2D eigenvalue weighted by Crippen LogP contribution is -2.05. The second-order valence-electron chi connectivity index (χ2n) is 3.84. The van der Waals surface area contributed by atoms with E-state index in [1.165, 1.54) is 18.2 Å². The van der Waals surface area contributed by atoms with Gasteiger partial charge in [0.2, 0.25) is 5.88 Å². The predicted octanol–water partition coefficient (Wildman–Crippen LogP) is 4.04. The third-order valence-corrected chi connectivity index (χ3v) is 2.91. The number of ether oxygens (including phenoxy) is 1. The van der Waals surface area contributed by atoms with E-state index >= 15 is 0 Å². The van der Waals surface area contributed by atoms with Crippen LogP contribution in [-0.4, -0.2) is 12.0 Å². The van der Waals surface area contributed by atoms with Crippen LogP contribution in [0.25, 0.3) is 0 Å². The molecule has 0 saturated carbocycles. The van der Waals surface area contributed by atoms with Crippen LogP contribution in [0.3, 0.4) is 0 Å². The lowest BCUT2D eigenvalue weighted by atomic mass is 10.3. The van der Waals surface area contributed by atoms with E-state index in [1.807, 2.05) is 7.05 Å². The summed E-state index contributed by atoms with van der Waals surface area (Å²) in [6, 6.07) is 5.60. The van der Waals surface area contributed by atoms with Crippen LogP contribution in [0.5, 0.6) is 11.6 Å². The summed E-state index contributed by atoms with van der Waals surface area (Å²) in [7, 11) is 1.83. The highest BCUT2D eigenvalue weighted by Crippen LogP contribution is 2.32. The molecule has 0 fully saturated rings. The molecule has 0 spiro atoms. The van der Waals surface area contributed by atoms with Crippen LogP contribution in [0.4, 0.5) is 4.39 Å². The highest BCUT2D eigenvalue weighted by molar-refractivity contribution is 6.32. The second-order valence-corrected chi connectivity index (χ2v) is 4.65. The normalized spacial score (nSPS) is 10.5. The Morgan fingerprint density at radius 2 is 2.05 bits per heavy atom. The molecule has 1 heterocycles. The van der Waals surface area contributed by atoms with Crippen molar-refractivity contribution in [2.75, 3.05) is 7.05 Å².